The zero-order chi connectivity index (χ0) is 17.4. The number of hydrogen-bond acceptors (Lipinski definition) is 3. The van der Waals surface area contributed by atoms with E-state index in [1.165, 1.54) is 0 Å². The van der Waals surface area contributed by atoms with Crippen LogP contribution in [0.2, 0.25) is 0 Å². The molecule has 0 saturated carbocycles. The summed E-state index contributed by atoms with van der Waals surface area (Å²) in [6, 6.07) is 11.7. The van der Waals surface area contributed by atoms with E-state index in [9.17, 15) is 20.1 Å². The summed E-state index contributed by atoms with van der Waals surface area (Å²) in [6.07, 6.45) is 0. The molecule has 1 heterocycles. The molecule has 0 radical (unpaired) electrons. The molecular formula is C19H19NO4. The lowest BCUT2D eigenvalue weighted by atomic mass is 10.0. The first-order valence-electron chi connectivity index (χ1n) is 7.75. The highest BCUT2D eigenvalue weighted by molar-refractivity contribution is 6.06. The van der Waals surface area contributed by atoms with Crippen LogP contribution in [0.15, 0.2) is 42.5 Å². The van der Waals surface area contributed by atoms with E-state index in [0.29, 0.717) is 23.1 Å². The Kier molecular flexibility index (Phi) is 3.93. The highest BCUT2D eigenvalue weighted by Crippen LogP contribution is 2.36. The fourth-order valence-electron chi connectivity index (χ4n) is 3.18. The third-order valence-corrected chi connectivity index (χ3v) is 4.14. The number of phenols is 2. The highest BCUT2D eigenvalue weighted by Gasteiger charge is 2.25. The van der Waals surface area contributed by atoms with Gasteiger partial charge in [-0.1, -0.05) is 38.1 Å². The predicted octanol–water partition coefficient (Wildman–Crippen LogP) is 3.92. The Bertz CT molecular complexity index is 907. The molecule has 0 saturated heterocycles. The van der Waals surface area contributed by atoms with Crippen molar-refractivity contribution >= 4 is 16.9 Å². The fourth-order valence-corrected chi connectivity index (χ4v) is 3.18. The fraction of sp³-hybridized carbons (Fsp3) is 0.211. The van der Waals surface area contributed by atoms with Crippen molar-refractivity contribution in [3.8, 4) is 11.5 Å². The maximum atomic E-state index is 11.8. The number of hydrogen-bond donors (Lipinski definition) is 3. The van der Waals surface area contributed by atoms with Gasteiger partial charge in [0.1, 0.15) is 11.5 Å². The molecule has 0 aliphatic carbocycles. The number of aromatic nitrogens is 1. The largest absolute Gasteiger partial charge is 0.508 e. The molecule has 3 N–H and O–H groups in total. The molecule has 3 rings (SSSR count). The second-order valence-corrected chi connectivity index (χ2v) is 6.15. The van der Waals surface area contributed by atoms with Gasteiger partial charge >= 0.3 is 5.97 Å². The molecule has 0 unspecified atom stereocenters. The molecule has 5 nitrogen and oxygen atoms in total. The minimum absolute atomic E-state index is 0.0278. The zero-order valence-corrected chi connectivity index (χ0v) is 13.5. The smallest absolute Gasteiger partial charge is 0.338 e. The van der Waals surface area contributed by atoms with E-state index >= 15 is 0 Å². The van der Waals surface area contributed by atoms with Crippen LogP contribution in [0, 0.1) is 0 Å². The summed E-state index contributed by atoms with van der Waals surface area (Å²) in [5, 5.41) is 30.0. The number of carboxylic acids is 1. The van der Waals surface area contributed by atoms with Crippen LogP contribution in [-0.4, -0.2) is 25.9 Å². The first kappa shape index (κ1) is 15.9. The number of para-hydroxylation sites is 1. The second-order valence-electron chi connectivity index (χ2n) is 6.15. The third-order valence-electron chi connectivity index (χ3n) is 4.14. The summed E-state index contributed by atoms with van der Waals surface area (Å²) < 4.78 is 1.85. The highest BCUT2D eigenvalue weighted by atomic mass is 16.4. The molecule has 0 amide bonds. The zero-order valence-electron chi connectivity index (χ0n) is 13.5. The number of carboxylic acid groups (broad SMARTS) is 1. The molecule has 5 heteroatoms. The van der Waals surface area contributed by atoms with Crippen LogP contribution in [0.4, 0.5) is 0 Å². The lowest BCUT2D eigenvalue weighted by Gasteiger charge is -2.15. The van der Waals surface area contributed by atoms with E-state index in [2.05, 4.69) is 0 Å². The Hall–Kier alpha value is -2.95. The number of nitrogens with zero attached hydrogens (tertiary/aromatic N) is 1. The summed E-state index contributed by atoms with van der Waals surface area (Å²) in [4.78, 5) is 11.8. The minimum atomic E-state index is -1.00. The third kappa shape index (κ3) is 2.58. The lowest BCUT2D eigenvalue weighted by molar-refractivity contribution is 0.0697. The summed E-state index contributed by atoms with van der Waals surface area (Å²) in [5.41, 5.74) is 2.33. The molecule has 0 aliphatic heterocycles. The summed E-state index contributed by atoms with van der Waals surface area (Å²) >= 11 is 0. The number of rotatable bonds is 4. The maximum Gasteiger partial charge on any atom is 0.338 e. The Morgan fingerprint density at radius 3 is 2.33 bits per heavy atom. The van der Waals surface area contributed by atoms with Gasteiger partial charge in [-0.2, -0.15) is 0 Å². The van der Waals surface area contributed by atoms with Gasteiger partial charge in [0.15, 0.2) is 0 Å². The van der Waals surface area contributed by atoms with Gasteiger partial charge in [0.2, 0.25) is 0 Å². The number of benzene rings is 2. The predicted molar refractivity (Wildman–Crippen MR) is 91.9 cm³/mol. The quantitative estimate of drug-likeness (QED) is 0.679. The van der Waals surface area contributed by atoms with Gasteiger partial charge in [-0.25, -0.2) is 4.79 Å². The standard InChI is InChI=1S/C19H19NO4/c1-11(2)17-16(19(23)24)14-4-3-5-15(22)18(14)20(17)10-12-6-8-13(21)9-7-12/h3-9,11,21-22H,10H2,1-2H3,(H,23,24). The molecule has 0 bridgehead atoms. The molecule has 0 aliphatic rings. The van der Waals surface area contributed by atoms with Crippen molar-refractivity contribution in [1.29, 1.82) is 0 Å². The van der Waals surface area contributed by atoms with Crippen LogP contribution in [0.1, 0.15) is 41.4 Å². The Balaban J connectivity index is 2.30. The molecule has 124 valence electrons. The summed E-state index contributed by atoms with van der Waals surface area (Å²) in [5.74, 6) is -0.797. The van der Waals surface area contributed by atoms with Crippen molar-refractivity contribution in [3.05, 3.63) is 59.3 Å². The van der Waals surface area contributed by atoms with E-state index < -0.39 is 5.97 Å². The van der Waals surface area contributed by atoms with Crippen LogP contribution in [0.5, 0.6) is 11.5 Å². The van der Waals surface area contributed by atoms with Gasteiger partial charge in [-0.3, -0.25) is 0 Å². The van der Waals surface area contributed by atoms with Crippen LogP contribution in [0.25, 0.3) is 10.9 Å². The van der Waals surface area contributed by atoms with Crippen molar-refractivity contribution in [3.63, 3.8) is 0 Å². The van der Waals surface area contributed by atoms with Crippen molar-refractivity contribution in [2.24, 2.45) is 0 Å². The minimum Gasteiger partial charge on any atom is -0.508 e. The van der Waals surface area contributed by atoms with Crippen molar-refractivity contribution < 1.29 is 20.1 Å². The SMILES string of the molecule is CC(C)c1c(C(=O)O)c2cccc(O)c2n1Cc1ccc(O)cc1. The maximum absolute atomic E-state index is 11.8. The monoisotopic (exact) mass is 325 g/mol. The number of aromatic hydroxyl groups is 2. The normalized spacial score (nSPS) is 11.3. The Labute approximate surface area is 139 Å². The van der Waals surface area contributed by atoms with Gasteiger partial charge in [-0.05, 0) is 29.7 Å². The molecular weight excluding hydrogens is 306 g/mol. The molecule has 3 aromatic rings. The lowest BCUT2D eigenvalue weighted by Crippen LogP contribution is -2.09. The number of phenolic OH excluding ortho intramolecular Hbond substituents is 2. The van der Waals surface area contributed by atoms with Crippen LogP contribution < -0.4 is 0 Å². The average molecular weight is 325 g/mol. The second kappa shape index (κ2) is 5.92. The van der Waals surface area contributed by atoms with Gasteiger partial charge in [0, 0.05) is 17.6 Å². The van der Waals surface area contributed by atoms with Gasteiger partial charge in [0.25, 0.3) is 0 Å². The van der Waals surface area contributed by atoms with Crippen molar-refractivity contribution in [1.82, 2.24) is 4.57 Å². The molecule has 1 aromatic heterocycles. The van der Waals surface area contributed by atoms with E-state index in [0.717, 1.165) is 5.56 Å². The van der Waals surface area contributed by atoms with E-state index in [4.69, 9.17) is 0 Å². The topological polar surface area (TPSA) is 82.7 Å². The van der Waals surface area contributed by atoms with E-state index in [1.54, 1.807) is 42.5 Å². The number of fused-ring (bicyclic) bond motifs is 1. The van der Waals surface area contributed by atoms with Gasteiger partial charge < -0.3 is 19.9 Å². The number of carbonyl (C=O) groups is 1. The number of aromatic carboxylic acids is 1. The molecule has 24 heavy (non-hydrogen) atoms. The Morgan fingerprint density at radius 1 is 1.08 bits per heavy atom. The molecule has 2 aromatic carbocycles. The van der Waals surface area contributed by atoms with Gasteiger partial charge in [-0.15, -0.1) is 0 Å². The average Bonchev–Trinajstić information content (AvgIpc) is 2.85. The Morgan fingerprint density at radius 2 is 1.75 bits per heavy atom. The first-order valence-corrected chi connectivity index (χ1v) is 7.75. The summed E-state index contributed by atoms with van der Waals surface area (Å²) in [7, 11) is 0. The van der Waals surface area contributed by atoms with E-state index in [-0.39, 0.29) is 23.0 Å². The van der Waals surface area contributed by atoms with Gasteiger partial charge in [0.05, 0.1) is 11.1 Å². The van der Waals surface area contributed by atoms with Crippen molar-refractivity contribution in [2.45, 2.75) is 26.3 Å². The molecule has 0 spiro atoms. The first-order chi connectivity index (χ1) is 11.4. The van der Waals surface area contributed by atoms with Crippen molar-refractivity contribution in [2.75, 3.05) is 0 Å². The molecule has 0 atom stereocenters. The van der Waals surface area contributed by atoms with Crippen LogP contribution >= 0.6 is 0 Å². The summed E-state index contributed by atoms with van der Waals surface area (Å²) in [6.45, 7) is 4.28. The van der Waals surface area contributed by atoms with Crippen LogP contribution in [-0.2, 0) is 6.54 Å². The van der Waals surface area contributed by atoms with Crippen LogP contribution in [0.3, 0.4) is 0 Å². The molecule has 0 fully saturated rings. The van der Waals surface area contributed by atoms with E-state index in [1.807, 2.05) is 18.4 Å².